The standard InChI is InChI=1S/C13H16BrNO4S/c1-19-10-4-3-8(7-9(10)14)12(13(17)18)15-11(16)5-6-20-2/h3-4,7,12H,5-6H2,1-2H3,(H,15,16)(H,17,18). The molecular formula is C13H16BrNO4S. The zero-order valence-corrected chi connectivity index (χ0v) is 13.6. The number of carbonyl (C=O) groups excluding carboxylic acids is 1. The first-order valence-electron chi connectivity index (χ1n) is 5.84. The molecule has 7 heteroatoms. The number of thioether (sulfide) groups is 1. The van der Waals surface area contributed by atoms with Crippen LogP contribution in [0.4, 0.5) is 0 Å². The number of hydrogen-bond acceptors (Lipinski definition) is 4. The Labute approximate surface area is 130 Å². The number of carboxylic acid groups (broad SMARTS) is 1. The summed E-state index contributed by atoms with van der Waals surface area (Å²) in [5.74, 6) is -0.116. The number of methoxy groups -OCH3 is 1. The molecular weight excluding hydrogens is 346 g/mol. The van der Waals surface area contributed by atoms with Crippen molar-refractivity contribution in [3.05, 3.63) is 28.2 Å². The summed E-state index contributed by atoms with van der Waals surface area (Å²) in [7, 11) is 1.53. The summed E-state index contributed by atoms with van der Waals surface area (Å²) in [5, 5.41) is 11.8. The Hall–Kier alpha value is -1.21. The van der Waals surface area contributed by atoms with Gasteiger partial charge in [0.05, 0.1) is 11.6 Å². The molecule has 110 valence electrons. The van der Waals surface area contributed by atoms with Gasteiger partial charge in [-0.2, -0.15) is 11.8 Å². The van der Waals surface area contributed by atoms with Gasteiger partial charge in [-0.1, -0.05) is 6.07 Å². The smallest absolute Gasteiger partial charge is 0.330 e. The molecule has 1 amide bonds. The average molecular weight is 362 g/mol. The lowest BCUT2D eigenvalue weighted by Gasteiger charge is -2.16. The van der Waals surface area contributed by atoms with Gasteiger partial charge in [0.2, 0.25) is 5.91 Å². The fourth-order valence-corrected chi connectivity index (χ4v) is 2.53. The third-order valence-electron chi connectivity index (χ3n) is 2.59. The topological polar surface area (TPSA) is 75.6 Å². The third kappa shape index (κ3) is 4.72. The summed E-state index contributed by atoms with van der Waals surface area (Å²) in [6, 6.07) is 3.85. The highest BCUT2D eigenvalue weighted by molar-refractivity contribution is 9.10. The molecule has 0 aliphatic carbocycles. The molecule has 0 fully saturated rings. The molecule has 0 aromatic heterocycles. The average Bonchev–Trinajstić information content (AvgIpc) is 2.42. The first-order chi connectivity index (χ1) is 9.49. The molecule has 1 rings (SSSR count). The third-order valence-corrected chi connectivity index (χ3v) is 3.83. The largest absolute Gasteiger partial charge is 0.496 e. The molecule has 0 radical (unpaired) electrons. The molecule has 1 aromatic carbocycles. The van der Waals surface area contributed by atoms with E-state index in [1.807, 2.05) is 6.26 Å². The summed E-state index contributed by atoms with van der Waals surface area (Å²) in [5.41, 5.74) is 0.489. The number of benzene rings is 1. The van der Waals surface area contributed by atoms with Crippen molar-refractivity contribution in [1.29, 1.82) is 0 Å². The van der Waals surface area contributed by atoms with Crippen LogP contribution in [0.15, 0.2) is 22.7 Å². The SMILES string of the molecule is COc1ccc(C(NC(=O)CCSC)C(=O)O)cc1Br. The minimum absolute atomic E-state index is 0.279. The Balaban J connectivity index is 2.88. The highest BCUT2D eigenvalue weighted by Gasteiger charge is 2.22. The Bertz CT molecular complexity index is 495. The molecule has 1 atom stereocenters. The number of amides is 1. The van der Waals surface area contributed by atoms with Gasteiger partial charge >= 0.3 is 5.97 Å². The number of halogens is 1. The summed E-state index contributed by atoms with van der Waals surface area (Å²) in [4.78, 5) is 23.0. The van der Waals surface area contributed by atoms with Crippen LogP contribution < -0.4 is 10.1 Å². The summed E-state index contributed by atoms with van der Waals surface area (Å²) in [6.07, 6.45) is 2.19. The molecule has 1 unspecified atom stereocenters. The molecule has 20 heavy (non-hydrogen) atoms. The van der Waals surface area contributed by atoms with E-state index in [1.54, 1.807) is 18.2 Å². The molecule has 1 aromatic rings. The molecule has 0 aliphatic heterocycles. The van der Waals surface area contributed by atoms with E-state index >= 15 is 0 Å². The maximum absolute atomic E-state index is 11.7. The minimum Gasteiger partial charge on any atom is -0.496 e. The van der Waals surface area contributed by atoms with Crippen LogP contribution in [0.3, 0.4) is 0 Å². The van der Waals surface area contributed by atoms with E-state index in [4.69, 9.17) is 4.74 Å². The fourth-order valence-electron chi connectivity index (χ4n) is 1.58. The van der Waals surface area contributed by atoms with Crippen LogP contribution in [0.2, 0.25) is 0 Å². The normalized spacial score (nSPS) is 11.8. The van der Waals surface area contributed by atoms with Crippen LogP contribution in [0, 0.1) is 0 Å². The van der Waals surface area contributed by atoms with E-state index in [1.165, 1.54) is 18.9 Å². The van der Waals surface area contributed by atoms with Gasteiger partial charge in [-0.05, 0) is 39.9 Å². The second-order valence-electron chi connectivity index (χ2n) is 3.98. The van der Waals surface area contributed by atoms with E-state index in [2.05, 4.69) is 21.2 Å². The lowest BCUT2D eigenvalue weighted by atomic mass is 10.1. The van der Waals surface area contributed by atoms with Crippen LogP contribution in [0.5, 0.6) is 5.75 Å². The van der Waals surface area contributed by atoms with Crippen molar-refractivity contribution in [3.8, 4) is 5.75 Å². The van der Waals surface area contributed by atoms with Crippen molar-refractivity contribution in [2.45, 2.75) is 12.5 Å². The van der Waals surface area contributed by atoms with Crippen molar-refractivity contribution in [2.75, 3.05) is 19.1 Å². The van der Waals surface area contributed by atoms with Crippen molar-refractivity contribution >= 4 is 39.6 Å². The van der Waals surface area contributed by atoms with E-state index in [0.717, 1.165) is 0 Å². The Morgan fingerprint density at radius 3 is 2.70 bits per heavy atom. The van der Waals surface area contributed by atoms with Gasteiger partial charge in [0.15, 0.2) is 6.04 Å². The van der Waals surface area contributed by atoms with Crippen LogP contribution >= 0.6 is 27.7 Å². The second-order valence-corrected chi connectivity index (χ2v) is 5.82. The van der Waals surface area contributed by atoms with Crippen molar-refractivity contribution < 1.29 is 19.4 Å². The zero-order valence-electron chi connectivity index (χ0n) is 11.2. The lowest BCUT2D eigenvalue weighted by Crippen LogP contribution is -2.33. The Kier molecular flexibility index (Phi) is 6.87. The maximum Gasteiger partial charge on any atom is 0.330 e. The number of rotatable bonds is 7. The molecule has 0 heterocycles. The molecule has 2 N–H and O–H groups in total. The van der Waals surface area contributed by atoms with Gasteiger partial charge in [0.1, 0.15) is 5.75 Å². The predicted octanol–water partition coefficient (Wildman–Crippen LogP) is 2.45. The van der Waals surface area contributed by atoms with Crippen LogP contribution in [-0.2, 0) is 9.59 Å². The molecule has 0 saturated heterocycles. The van der Waals surface area contributed by atoms with Gasteiger partial charge in [-0.15, -0.1) is 0 Å². The van der Waals surface area contributed by atoms with Crippen LogP contribution in [0.1, 0.15) is 18.0 Å². The van der Waals surface area contributed by atoms with Crippen LogP contribution in [0.25, 0.3) is 0 Å². The summed E-state index contributed by atoms with van der Waals surface area (Å²) >= 11 is 4.84. The molecule has 0 bridgehead atoms. The van der Waals surface area contributed by atoms with E-state index < -0.39 is 12.0 Å². The van der Waals surface area contributed by atoms with E-state index in [0.29, 0.717) is 28.0 Å². The quantitative estimate of drug-likeness (QED) is 0.779. The Morgan fingerprint density at radius 1 is 1.50 bits per heavy atom. The van der Waals surface area contributed by atoms with Gasteiger partial charge in [0.25, 0.3) is 0 Å². The van der Waals surface area contributed by atoms with Crippen LogP contribution in [-0.4, -0.2) is 36.1 Å². The number of aliphatic carboxylic acids is 1. The fraction of sp³-hybridized carbons (Fsp3) is 0.385. The number of hydrogen-bond donors (Lipinski definition) is 2. The highest BCUT2D eigenvalue weighted by atomic mass is 79.9. The minimum atomic E-state index is -1.10. The molecule has 0 saturated carbocycles. The van der Waals surface area contributed by atoms with Gasteiger partial charge in [0, 0.05) is 12.2 Å². The zero-order chi connectivity index (χ0) is 15.1. The first-order valence-corrected chi connectivity index (χ1v) is 8.02. The van der Waals surface area contributed by atoms with Gasteiger partial charge in [-0.25, -0.2) is 4.79 Å². The lowest BCUT2D eigenvalue weighted by molar-refractivity contribution is -0.142. The van der Waals surface area contributed by atoms with Crippen molar-refractivity contribution in [1.82, 2.24) is 5.32 Å². The summed E-state index contributed by atoms with van der Waals surface area (Å²) < 4.78 is 5.73. The van der Waals surface area contributed by atoms with Gasteiger partial charge < -0.3 is 15.2 Å². The number of nitrogens with one attached hydrogen (secondary N) is 1. The number of carboxylic acids is 1. The number of carbonyl (C=O) groups is 2. The van der Waals surface area contributed by atoms with Gasteiger partial charge in [-0.3, -0.25) is 4.79 Å². The van der Waals surface area contributed by atoms with Crippen molar-refractivity contribution in [2.24, 2.45) is 0 Å². The molecule has 5 nitrogen and oxygen atoms in total. The van der Waals surface area contributed by atoms with E-state index in [9.17, 15) is 14.7 Å². The summed E-state index contributed by atoms with van der Waals surface area (Å²) in [6.45, 7) is 0. The number of ether oxygens (including phenoxy) is 1. The monoisotopic (exact) mass is 361 g/mol. The van der Waals surface area contributed by atoms with E-state index in [-0.39, 0.29) is 5.91 Å². The molecule has 0 spiro atoms. The second kappa shape index (κ2) is 8.16. The first kappa shape index (κ1) is 16.8. The van der Waals surface area contributed by atoms with Crippen molar-refractivity contribution in [3.63, 3.8) is 0 Å². The molecule has 0 aliphatic rings. The Morgan fingerprint density at radius 2 is 2.20 bits per heavy atom. The predicted molar refractivity (Wildman–Crippen MR) is 82.2 cm³/mol. The highest BCUT2D eigenvalue weighted by Crippen LogP contribution is 2.28. The maximum atomic E-state index is 11.7.